The van der Waals surface area contributed by atoms with Crippen LogP contribution in [0.2, 0.25) is 0 Å². The zero-order valence-electron chi connectivity index (χ0n) is 7.80. The molecular weight excluding hydrogens is 138 g/mol. The first-order chi connectivity index (χ1) is 5.07. The highest BCUT2D eigenvalue weighted by atomic mass is 16.3. The summed E-state index contributed by atoms with van der Waals surface area (Å²) in [6.07, 6.45) is 2.76. The Hall–Kier alpha value is -0.0800. The van der Waals surface area contributed by atoms with Crippen molar-refractivity contribution in [2.24, 2.45) is 0 Å². The van der Waals surface area contributed by atoms with Gasteiger partial charge in [-0.3, -0.25) is 0 Å². The van der Waals surface area contributed by atoms with E-state index in [9.17, 15) is 5.11 Å². The Morgan fingerprint density at radius 1 is 1.64 bits per heavy atom. The van der Waals surface area contributed by atoms with E-state index >= 15 is 0 Å². The van der Waals surface area contributed by atoms with Gasteiger partial charge in [0.2, 0.25) is 0 Å². The Balaban J connectivity index is 2.51. The largest absolute Gasteiger partial charge is 0.390 e. The minimum atomic E-state index is -0.369. The topological polar surface area (TPSA) is 23.5 Å². The molecule has 1 aliphatic heterocycles. The van der Waals surface area contributed by atoms with Crippen molar-refractivity contribution >= 4 is 0 Å². The Morgan fingerprint density at radius 3 is 2.73 bits per heavy atom. The van der Waals surface area contributed by atoms with Gasteiger partial charge >= 0.3 is 0 Å². The molecule has 2 unspecified atom stereocenters. The third-order valence-corrected chi connectivity index (χ3v) is 3.02. The van der Waals surface area contributed by atoms with Crippen LogP contribution in [-0.2, 0) is 0 Å². The van der Waals surface area contributed by atoms with Crippen molar-refractivity contribution < 1.29 is 5.11 Å². The van der Waals surface area contributed by atoms with Crippen molar-refractivity contribution in [2.45, 2.75) is 44.8 Å². The Morgan fingerprint density at radius 2 is 2.27 bits per heavy atom. The number of nitrogens with zero attached hydrogens (tertiary/aromatic N) is 1. The smallest absolute Gasteiger partial charge is 0.0672 e. The minimum absolute atomic E-state index is 0.369. The maximum absolute atomic E-state index is 9.94. The molecule has 0 aromatic carbocycles. The molecule has 2 atom stereocenters. The molecule has 1 rings (SSSR count). The molecule has 11 heavy (non-hydrogen) atoms. The lowest BCUT2D eigenvalue weighted by Crippen LogP contribution is -2.47. The molecule has 0 spiro atoms. The second kappa shape index (κ2) is 3.11. The summed E-state index contributed by atoms with van der Waals surface area (Å²) in [4.78, 5) is 2.31. The van der Waals surface area contributed by atoms with Crippen LogP contribution in [0.1, 0.15) is 33.1 Å². The second-order valence-electron chi connectivity index (χ2n) is 3.86. The van der Waals surface area contributed by atoms with E-state index in [2.05, 4.69) is 25.8 Å². The van der Waals surface area contributed by atoms with Crippen LogP contribution in [0.25, 0.3) is 0 Å². The van der Waals surface area contributed by atoms with E-state index in [-0.39, 0.29) is 5.60 Å². The van der Waals surface area contributed by atoms with Crippen LogP contribution in [0, 0.1) is 0 Å². The van der Waals surface area contributed by atoms with Crippen LogP contribution >= 0.6 is 0 Å². The SMILES string of the molecule is CCC1(O)CCN(C)C(C)C1. The lowest BCUT2D eigenvalue weighted by atomic mass is 9.85. The standard InChI is InChI=1S/C9H19NO/c1-4-9(11)5-6-10(3)8(2)7-9/h8,11H,4-7H2,1-3H3. The van der Waals surface area contributed by atoms with E-state index < -0.39 is 0 Å². The van der Waals surface area contributed by atoms with Crippen LogP contribution in [0.5, 0.6) is 0 Å². The summed E-state index contributed by atoms with van der Waals surface area (Å²) in [5, 5.41) is 9.94. The van der Waals surface area contributed by atoms with Gasteiger partial charge in [-0.1, -0.05) is 6.92 Å². The summed E-state index contributed by atoms with van der Waals surface area (Å²) < 4.78 is 0. The first kappa shape index (κ1) is 9.01. The van der Waals surface area contributed by atoms with Crippen LogP contribution in [0.15, 0.2) is 0 Å². The zero-order chi connectivity index (χ0) is 8.48. The highest BCUT2D eigenvalue weighted by Crippen LogP contribution is 2.28. The van der Waals surface area contributed by atoms with E-state index in [4.69, 9.17) is 0 Å². The summed E-state index contributed by atoms with van der Waals surface area (Å²) in [6, 6.07) is 0.536. The lowest BCUT2D eigenvalue weighted by Gasteiger charge is -2.40. The number of rotatable bonds is 1. The van der Waals surface area contributed by atoms with Gasteiger partial charge < -0.3 is 10.0 Å². The lowest BCUT2D eigenvalue weighted by molar-refractivity contribution is -0.0383. The first-order valence-electron chi connectivity index (χ1n) is 4.50. The molecule has 0 amide bonds. The number of aliphatic hydroxyl groups is 1. The molecule has 0 aromatic rings. The average Bonchev–Trinajstić information content (AvgIpc) is 1.98. The predicted molar refractivity (Wildman–Crippen MR) is 46.6 cm³/mol. The zero-order valence-corrected chi connectivity index (χ0v) is 7.80. The van der Waals surface area contributed by atoms with Gasteiger partial charge in [-0.15, -0.1) is 0 Å². The average molecular weight is 157 g/mol. The van der Waals surface area contributed by atoms with Gasteiger partial charge in [0.05, 0.1) is 5.60 Å². The van der Waals surface area contributed by atoms with Gasteiger partial charge in [0.25, 0.3) is 0 Å². The van der Waals surface area contributed by atoms with E-state index in [0.29, 0.717) is 6.04 Å². The van der Waals surface area contributed by atoms with Crippen LogP contribution in [-0.4, -0.2) is 35.2 Å². The maximum atomic E-state index is 9.94. The molecule has 2 nitrogen and oxygen atoms in total. The van der Waals surface area contributed by atoms with Crippen molar-refractivity contribution in [3.63, 3.8) is 0 Å². The summed E-state index contributed by atoms with van der Waals surface area (Å²) in [5.74, 6) is 0. The molecule has 2 heteroatoms. The minimum Gasteiger partial charge on any atom is -0.390 e. The van der Waals surface area contributed by atoms with Crippen LogP contribution < -0.4 is 0 Å². The normalized spacial score (nSPS) is 40.9. The van der Waals surface area contributed by atoms with Gasteiger partial charge in [-0.2, -0.15) is 0 Å². The summed E-state index contributed by atoms with van der Waals surface area (Å²) in [5.41, 5.74) is -0.369. The molecule has 0 radical (unpaired) electrons. The number of piperidine rings is 1. The van der Waals surface area contributed by atoms with Crippen LogP contribution in [0.3, 0.4) is 0 Å². The Bertz CT molecular complexity index is 138. The van der Waals surface area contributed by atoms with Crippen molar-refractivity contribution in [1.82, 2.24) is 4.90 Å². The summed E-state index contributed by atoms with van der Waals surface area (Å²) in [6.45, 7) is 5.28. The van der Waals surface area contributed by atoms with E-state index in [1.807, 2.05) is 0 Å². The third-order valence-electron chi connectivity index (χ3n) is 3.02. The van der Waals surface area contributed by atoms with Crippen molar-refractivity contribution in [3.05, 3.63) is 0 Å². The van der Waals surface area contributed by atoms with Gasteiger partial charge in [0, 0.05) is 12.6 Å². The van der Waals surface area contributed by atoms with E-state index in [0.717, 1.165) is 25.8 Å². The van der Waals surface area contributed by atoms with Gasteiger partial charge in [-0.25, -0.2) is 0 Å². The summed E-state index contributed by atoms with van der Waals surface area (Å²) in [7, 11) is 2.12. The monoisotopic (exact) mass is 157 g/mol. The van der Waals surface area contributed by atoms with Crippen LogP contribution in [0.4, 0.5) is 0 Å². The quantitative estimate of drug-likeness (QED) is 0.619. The van der Waals surface area contributed by atoms with Crippen molar-refractivity contribution in [3.8, 4) is 0 Å². The van der Waals surface area contributed by atoms with Gasteiger partial charge in [0.1, 0.15) is 0 Å². The molecule has 1 aliphatic rings. The van der Waals surface area contributed by atoms with E-state index in [1.165, 1.54) is 0 Å². The molecule has 1 N–H and O–H groups in total. The highest BCUT2D eigenvalue weighted by molar-refractivity contribution is 4.87. The van der Waals surface area contributed by atoms with Gasteiger partial charge in [0.15, 0.2) is 0 Å². The number of hydrogen-bond donors (Lipinski definition) is 1. The molecule has 66 valence electrons. The molecule has 1 saturated heterocycles. The molecule has 0 aromatic heterocycles. The van der Waals surface area contributed by atoms with E-state index in [1.54, 1.807) is 0 Å². The molecule has 1 fully saturated rings. The Kier molecular flexibility index (Phi) is 2.55. The highest BCUT2D eigenvalue weighted by Gasteiger charge is 2.32. The summed E-state index contributed by atoms with van der Waals surface area (Å²) >= 11 is 0. The van der Waals surface area contributed by atoms with Crippen molar-refractivity contribution in [2.75, 3.05) is 13.6 Å². The molecule has 0 bridgehead atoms. The fourth-order valence-corrected chi connectivity index (χ4v) is 1.73. The fraction of sp³-hybridized carbons (Fsp3) is 1.00. The molecular formula is C9H19NO. The molecule has 0 aliphatic carbocycles. The molecule has 0 saturated carbocycles. The fourth-order valence-electron chi connectivity index (χ4n) is 1.73. The second-order valence-corrected chi connectivity index (χ2v) is 3.86. The number of hydrogen-bond acceptors (Lipinski definition) is 2. The predicted octanol–water partition coefficient (Wildman–Crippen LogP) is 1.24. The third kappa shape index (κ3) is 1.94. The molecule has 1 heterocycles. The first-order valence-corrected chi connectivity index (χ1v) is 4.50. The Labute approximate surface area is 69.2 Å². The number of likely N-dealkylation sites (tertiary alicyclic amines) is 1. The maximum Gasteiger partial charge on any atom is 0.0672 e. The van der Waals surface area contributed by atoms with Gasteiger partial charge in [-0.05, 0) is 33.2 Å². The van der Waals surface area contributed by atoms with Crippen molar-refractivity contribution in [1.29, 1.82) is 0 Å².